The molecule has 0 aliphatic carbocycles. The lowest BCUT2D eigenvalue weighted by Crippen LogP contribution is -2.55. The van der Waals surface area contributed by atoms with Crippen molar-refractivity contribution in [2.75, 3.05) is 39.5 Å². The van der Waals surface area contributed by atoms with Gasteiger partial charge in [0.25, 0.3) is 0 Å². The minimum absolute atomic E-state index is 0.704. The molecular formula is C6H12NO3Si2. The van der Waals surface area contributed by atoms with Crippen LogP contribution < -0.4 is 0 Å². The van der Waals surface area contributed by atoms with E-state index in [1.807, 2.05) is 0 Å². The van der Waals surface area contributed by atoms with Gasteiger partial charge in [0, 0.05) is 19.6 Å². The predicted molar refractivity (Wildman–Crippen MR) is 45.8 cm³/mol. The van der Waals surface area contributed by atoms with E-state index in [1.54, 1.807) is 0 Å². The van der Waals surface area contributed by atoms with Gasteiger partial charge in [-0.3, -0.25) is 4.90 Å². The molecule has 0 spiro atoms. The van der Waals surface area contributed by atoms with Gasteiger partial charge in [0.1, 0.15) is 9.76 Å². The fraction of sp³-hybridized carbons (Fsp3) is 1.00. The van der Waals surface area contributed by atoms with Gasteiger partial charge in [-0.2, -0.15) is 0 Å². The largest absolute Gasteiger partial charge is 0.460 e. The van der Waals surface area contributed by atoms with E-state index in [1.165, 1.54) is 0 Å². The van der Waals surface area contributed by atoms with E-state index in [0.717, 1.165) is 19.6 Å². The molecule has 3 aliphatic heterocycles. The molecule has 3 rings (SSSR count). The summed E-state index contributed by atoms with van der Waals surface area (Å²) in [7, 11) is 1.07. The highest BCUT2D eigenvalue weighted by atomic mass is 29.2. The molecule has 0 aromatic carbocycles. The van der Waals surface area contributed by atoms with Crippen LogP contribution >= 0.6 is 0 Å². The zero-order chi connectivity index (χ0) is 8.44. The molecule has 4 nitrogen and oxygen atoms in total. The molecule has 0 N–H and O–H groups in total. The lowest BCUT2D eigenvalue weighted by molar-refractivity contribution is 0.00692. The summed E-state index contributed by atoms with van der Waals surface area (Å²) in [6.45, 7) is 5.09. The summed E-state index contributed by atoms with van der Waals surface area (Å²) in [6.07, 6.45) is 0. The molecule has 0 amide bonds. The van der Waals surface area contributed by atoms with Gasteiger partial charge in [-0.25, -0.2) is 0 Å². The first-order valence-corrected chi connectivity index (χ1v) is 7.40. The van der Waals surface area contributed by atoms with Crippen molar-refractivity contribution in [3.63, 3.8) is 0 Å². The van der Waals surface area contributed by atoms with Crippen LogP contribution in [-0.4, -0.2) is 62.4 Å². The average Bonchev–Trinajstić information content (AvgIpc) is 1.93. The lowest BCUT2D eigenvalue weighted by atomic mass is 10.4. The summed E-state index contributed by atoms with van der Waals surface area (Å²) in [5.74, 6) is 0. The normalized spacial score (nSPS) is 43.2. The second kappa shape index (κ2) is 3.56. The zero-order valence-corrected chi connectivity index (χ0v) is 8.91. The summed E-state index contributed by atoms with van der Waals surface area (Å²) in [6, 6.07) is 0. The molecule has 3 heterocycles. The van der Waals surface area contributed by atoms with Crippen molar-refractivity contribution in [1.29, 1.82) is 0 Å². The van der Waals surface area contributed by atoms with Gasteiger partial charge in [0.15, 0.2) is 0 Å². The summed E-state index contributed by atoms with van der Waals surface area (Å²) < 4.78 is 16.5. The highest BCUT2D eigenvalue weighted by Crippen LogP contribution is 2.11. The SMILES string of the molecule is [Si][Si]12OCCN(CCO1)CCO2. The Labute approximate surface area is 76.4 Å². The van der Waals surface area contributed by atoms with Gasteiger partial charge in [0.05, 0.1) is 19.8 Å². The Morgan fingerprint density at radius 1 is 0.917 bits per heavy atom. The molecule has 3 aliphatic rings. The summed E-state index contributed by atoms with van der Waals surface area (Å²) in [5.41, 5.74) is 0. The van der Waals surface area contributed by atoms with Gasteiger partial charge in [-0.15, -0.1) is 0 Å². The Morgan fingerprint density at radius 2 is 1.33 bits per heavy atom. The zero-order valence-electron chi connectivity index (χ0n) is 6.91. The molecule has 0 saturated carbocycles. The standard InChI is InChI=1S/C6H12NO3Si2/c11-12-8-4-1-7(2-5-9-12)3-6-10-12/h1-6H2. The van der Waals surface area contributed by atoms with Crippen LogP contribution in [0.4, 0.5) is 0 Å². The van der Waals surface area contributed by atoms with Gasteiger partial charge in [0.2, 0.25) is 0 Å². The van der Waals surface area contributed by atoms with Crippen molar-refractivity contribution in [3.05, 3.63) is 0 Å². The maximum Gasteiger partial charge on any atom is 0.460 e. The van der Waals surface area contributed by atoms with Gasteiger partial charge < -0.3 is 13.3 Å². The number of hydrogen-bond donors (Lipinski definition) is 0. The van der Waals surface area contributed by atoms with E-state index < -0.39 is 8.32 Å². The third kappa shape index (κ3) is 1.95. The van der Waals surface area contributed by atoms with Crippen LogP contribution in [0.2, 0.25) is 0 Å². The molecule has 67 valence electrons. The van der Waals surface area contributed by atoms with E-state index in [4.69, 9.17) is 13.3 Å². The maximum atomic E-state index is 5.51. The Balaban J connectivity index is 2.06. The second-order valence-electron chi connectivity index (χ2n) is 2.94. The van der Waals surface area contributed by atoms with Crippen LogP contribution in [0.1, 0.15) is 0 Å². The Morgan fingerprint density at radius 3 is 1.75 bits per heavy atom. The van der Waals surface area contributed by atoms with Gasteiger partial charge in [-0.05, 0) is 0 Å². The molecule has 2 bridgehead atoms. The minimum atomic E-state index is -2.40. The lowest BCUT2D eigenvalue weighted by Gasteiger charge is -2.36. The molecule has 0 aromatic heterocycles. The Hall–Kier alpha value is 0.274. The molecule has 12 heavy (non-hydrogen) atoms. The second-order valence-corrected chi connectivity index (χ2v) is 6.76. The van der Waals surface area contributed by atoms with Crippen LogP contribution in [0.15, 0.2) is 0 Å². The van der Waals surface area contributed by atoms with E-state index in [2.05, 4.69) is 14.7 Å². The number of fused-ring (bicyclic) bond motifs is 6. The van der Waals surface area contributed by atoms with Crippen LogP contribution in [0, 0.1) is 0 Å². The molecule has 0 aromatic rings. The van der Waals surface area contributed by atoms with Gasteiger partial charge in [-0.1, -0.05) is 0 Å². The number of nitrogens with zero attached hydrogens (tertiary/aromatic N) is 1. The first-order valence-electron chi connectivity index (χ1n) is 4.18. The van der Waals surface area contributed by atoms with Crippen LogP contribution in [0.5, 0.6) is 0 Å². The topological polar surface area (TPSA) is 30.9 Å². The smallest absolute Gasteiger partial charge is 0.376 e. The maximum absolute atomic E-state index is 5.51. The van der Waals surface area contributed by atoms with Gasteiger partial charge >= 0.3 is 8.32 Å². The summed E-state index contributed by atoms with van der Waals surface area (Å²) in [5, 5.41) is 0. The van der Waals surface area contributed by atoms with Crippen LogP contribution in [0.3, 0.4) is 0 Å². The molecule has 3 radical (unpaired) electrons. The van der Waals surface area contributed by atoms with Crippen molar-refractivity contribution in [3.8, 4) is 0 Å². The van der Waals surface area contributed by atoms with Crippen molar-refractivity contribution in [2.24, 2.45) is 0 Å². The Bertz CT molecular complexity index is 142. The first-order chi connectivity index (χ1) is 5.79. The average molecular weight is 202 g/mol. The van der Waals surface area contributed by atoms with E-state index >= 15 is 0 Å². The van der Waals surface area contributed by atoms with Crippen molar-refractivity contribution >= 4 is 18.1 Å². The molecule has 3 saturated heterocycles. The third-order valence-corrected chi connectivity index (χ3v) is 5.15. The van der Waals surface area contributed by atoms with Crippen LogP contribution in [0.25, 0.3) is 0 Å². The Kier molecular flexibility index (Phi) is 2.63. The minimum Gasteiger partial charge on any atom is -0.376 e. The fourth-order valence-electron chi connectivity index (χ4n) is 1.39. The van der Waals surface area contributed by atoms with Crippen molar-refractivity contribution < 1.29 is 13.3 Å². The monoisotopic (exact) mass is 202 g/mol. The number of rotatable bonds is 0. The summed E-state index contributed by atoms with van der Waals surface area (Å²) >= 11 is 0. The predicted octanol–water partition coefficient (Wildman–Crippen LogP) is -1.03. The molecular weight excluding hydrogens is 190 g/mol. The molecule has 0 unspecified atom stereocenters. The molecule has 0 atom stereocenters. The first kappa shape index (κ1) is 8.85. The van der Waals surface area contributed by atoms with Crippen molar-refractivity contribution in [2.45, 2.75) is 0 Å². The highest BCUT2D eigenvalue weighted by molar-refractivity contribution is 7.05. The fourth-order valence-corrected chi connectivity index (χ4v) is 3.64. The quantitative estimate of drug-likeness (QED) is 0.470. The molecule has 3 fully saturated rings. The van der Waals surface area contributed by atoms with E-state index in [-0.39, 0.29) is 0 Å². The van der Waals surface area contributed by atoms with E-state index in [9.17, 15) is 0 Å². The van der Waals surface area contributed by atoms with Crippen molar-refractivity contribution in [1.82, 2.24) is 4.90 Å². The molecule has 6 heteroatoms. The third-order valence-electron chi connectivity index (χ3n) is 2.10. The number of hydrogen-bond acceptors (Lipinski definition) is 4. The highest BCUT2D eigenvalue weighted by Gasteiger charge is 2.37. The summed E-state index contributed by atoms with van der Waals surface area (Å²) in [4.78, 5) is 2.29. The van der Waals surface area contributed by atoms with E-state index in [0.29, 0.717) is 19.8 Å². The van der Waals surface area contributed by atoms with Crippen LogP contribution in [-0.2, 0) is 13.3 Å².